The summed E-state index contributed by atoms with van der Waals surface area (Å²) in [6.07, 6.45) is 0.397. The van der Waals surface area contributed by atoms with Gasteiger partial charge in [-0.15, -0.1) is 0 Å². The summed E-state index contributed by atoms with van der Waals surface area (Å²) >= 11 is 0. The first-order valence-corrected chi connectivity index (χ1v) is 3.97. The van der Waals surface area contributed by atoms with Crippen LogP contribution in [0.1, 0.15) is 5.56 Å². The molecule has 0 saturated heterocycles. The largest absolute Gasteiger partial charge is 0.505 e. The molecule has 1 aromatic carbocycles. The molecule has 0 fully saturated rings. The van der Waals surface area contributed by atoms with Crippen molar-refractivity contribution < 1.29 is 14.6 Å². The number of aliphatic hydroxyl groups excluding tert-OH is 1. The third-order valence-corrected chi connectivity index (χ3v) is 1.74. The van der Waals surface area contributed by atoms with E-state index in [0.717, 1.165) is 0 Å². The van der Waals surface area contributed by atoms with E-state index in [-0.39, 0.29) is 18.4 Å². The van der Waals surface area contributed by atoms with Crippen LogP contribution in [0.3, 0.4) is 0 Å². The maximum Gasteiger partial charge on any atom is 0.165 e. The lowest BCUT2D eigenvalue weighted by atomic mass is 10.1. The van der Waals surface area contributed by atoms with Crippen LogP contribution in [0.2, 0.25) is 0 Å². The maximum absolute atomic E-state index is 12.8. The summed E-state index contributed by atoms with van der Waals surface area (Å²) in [5.74, 6) is -1.04. The zero-order chi connectivity index (χ0) is 9.84. The molecule has 0 saturated carbocycles. The Morgan fingerprint density at radius 3 is 2.69 bits per heavy atom. The number of phenols is 1. The van der Waals surface area contributed by atoms with Gasteiger partial charge in [0, 0.05) is 6.04 Å². The number of aliphatic hydroxyl groups is 1. The second kappa shape index (κ2) is 4.20. The molecule has 3 nitrogen and oxygen atoms in total. The normalized spacial score (nSPS) is 12.8. The van der Waals surface area contributed by atoms with Crippen molar-refractivity contribution in [3.63, 3.8) is 0 Å². The topological polar surface area (TPSA) is 66.5 Å². The third-order valence-electron chi connectivity index (χ3n) is 1.74. The van der Waals surface area contributed by atoms with E-state index in [4.69, 9.17) is 15.9 Å². The predicted octanol–water partition coefficient (Wildman–Crippen LogP) is 0.393. The molecule has 13 heavy (non-hydrogen) atoms. The van der Waals surface area contributed by atoms with Gasteiger partial charge < -0.3 is 15.9 Å². The van der Waals surface area contributed by atoms with Crippen molar-refractivity contribution >= 4 is 0 Å². The second-order valence-corrected chi connectivity index (χ2v) is 2.93. The lowest BCUT2D eigenvalue weighted by molar-refractivity contribution is 0.265. The molecular formula is C9H12FNO2. The first-order valence-electron chi connectivity index (χ1n) is 3.97. The number of halogens is 1. The fourth-order valence-corrected chi connectivity index (χ4v) is 1.04. The summed E-state index contributed by atoms with van der Waals surface area (Å²) in [5, 5.41) is 17.5. The van der Waals surface area contributed by atoms with Crippen molar-refractivity contribution in [3.05, 3.63) is 29.6 Å². The predicted molar refractivity (Wildman–Crippen MR) is 46.8 cm³/mol. The van der Waals surface area contributed by atoms with Gasteiger partial charge in [0.2, 0.25) is 0 Å². The Kier molecular flexibility index (Phi) is 3.22. The summed E-state index contributed by atoms with van der Waals surface area (Å²) in [7, 11) is 0. The Morgan fingerprint density at radius 2 is 2.15 bits per heavy atom. The van der Waals surface area contributed by atoms with Crippen molar-refractivity contribution in [2.24, 2.45) is 5.73 Å². The molecule has 0 amide bonds. The standard InChI is InChI=1S/C9H12FNO2/c10-8-4-6(1-2-9(8)13)3-7(11)5-12/h1-2,4,7,12-13H,3,5,11H2. The third kappa shape index (κ3) is 2.68. The number of rotatable bonds is 3. The first kappa shape index (κ1) is 9.95. The minimum atomic E-state index is -0.664. The minimum Gasteiger partial charge on any atom is -0.505 e. The summed E-state index contributed by atoms with van der Waals surface area (Å²) in [5.41, 5.74) is 6.12. The highest BCUT2D eigenvalue weighted by Crippen LogP contribution is 2.16. The van der Waals surface area contributed by atoms with Gasteiger partial charge in [0.1, 0.15) is 0 Å². The van der Waals surface area contributed by atoms with Gasteiger partial charge in [0.15, 0.2) is 11.6 Å². The van der Waals surface area contributed by atoms with Gasteiger partial charge in [-0.3, -0.25) is 0 Å². The van der Waals surface area contributed by atoms with Crippen molar-refractivity contribution in [1.82, 2.24) is 0 Å². The average molecular weight is 185 g/mol. The molecule has 0 spiro atoms. The number of aromatic hydroxyl groups is 1. The van der Waals surface area contributed by atoms with E-state index in [0.29, 0.717) is 12.0 Å². The zero-order valence-corrected chi connectivity index (χ0v) is 7.07. The molecule has 4 heteroatoms. The molecule has 1 atom stereocenters. The molecule has 0 radical (unpaired) electrons. The van der Waals surface area contributed by atoms with Gasteiger partial charge in [-0.05, 0) is 24.1 Å². The van der Waals surface area contributed by atoms with E-state index in [1.165, 1.54) is 12.1 Å². The molecule has 4 N–H and O–H groups in total. The van der Waals surface area contributed by atoms with E-state index in [1.807, 2.05) is 0 Å². The number of benzene rings is 1. The van der Waals surface area contributed by atoms with Crippen LogP contribution in [0.15, 0.2) is 18.2 Å². The van der Waals surface area contributed by atoms with Crippen LogP contribution >= 0.6 is 0 Å². The molecular weight excluding hydrogens is 173 g/mol. The van der Waals surface area contributed by atoms with E-state index < -0.39 is 5.82 Å². The minimum absolute atomic E-state index is 0.136. The number of hydrogen-bond donors (Lipinski definition) is 3. The molecule has 0 heterocycles. The van der Waals surface area contributed by atoms with Crippen molar-refractivity contribution in [2.75, 3.05) is 6.61 Å². The van der Waals surface area contributed by atoms with E-state index in [2.05, 4.69) is 0 Å². The highest BCUT2D eigenvalue weighted by atomic mass is 19.1. The van der Waals surface area contributed by atoms with Gasteiger partial charge in [0.25, 0.3) is 0 Å². The smallest absolute Gasteiger partial charge is 0.165 e. The van der Waals surface area contributed by atoms with Crippen LogP contribution in [0, 0.1) is 5.82 Å². The number of hydrogen-bond acceptors (Lipinski definition) is 3. The zero-order valence-electron chi connectivity index (χ0n) is 7.07. The van der Waals surface area contributed by atoms with Crippen LogP contribution in [-0.4, -0.2) is 22.9 Å². The SMILES string of the molecule is NC(CO)Cc1ccc(O)c(F)c1. The quantitative estimate of drug-likeness (QED) is 0.638. The Labute approximate surface area is 75.6 Å². The highest BCUT2D eigenvalue weighted by Gasteiger charge is 2.05. The lowest BCUT2D eigenvalue weighted by Gasteiger charge is -2.07. The van der Waals surface area contributed by atoms with E-state index >= 15 is 0 Å². The van der Waals surface area contributed by atoms with Crippen LogP contribution in [0.5, 0.6) is 5.75 Å². The summed E-state index contributed by atoms with van der Waals surface area (Å²) < 4.78 is 12.8. The van der Waals surface area contributed by atoms with Crippen molar-refractivity contribution in [1.29, 1.82) is 0 Å². The number of phenolic OH excluding ortho intramolecular Hbond substituents is 1. The highest BCUT2D eigenvalue weighted by molar-refractivity contribution is 5.28. The molecule has 0 aromatic heterocycles. The Hall–Kier alpha value is -1.13. The van der Waals surface area contributed by atoms with Crippen LogP contribution < -0.4 is 5.73 Å². The molecule has 0 aliphatic rings. The van der Waals surface area contributed by atoms with Gasteiger partial charge in [-0.2, -0.15) is 0 Å². The summed E-state index contributed by atoms with van der Waals surface area (Å²) in [6.45, 7) is -0.136. The second-order valence-electron chi connectivity index (χ2n) is 2.93. The molecule has 0 aliphatic heterocycles. The van der Waals surface area contributed by atoms with Gasteiger partial charge >= 0.3 is 0 Å². The molecule has 1 unspecified atom stereocenters. The lowest BCUT2D eigenvalue weighted by Crippen LogP contribution is -2.26. The fourth-order valence-electron chi connectivity index (χ4n) is 1.04. The van der Waals surface area contributed by atoms with Crippen LogP contribution in [0.25, 0.3) is 0 Å². The van der Waals surface area contributed by atoms with Gasteiger partial charge in [-0.1, -0.05) is 6.07 Å². The molecule has 0 bridgehead atoms. The molecule has 1 rings (SSSR count). The number of nitrogens with two attached hydrogens (primary N) is 1. The van der Waals surface area contributed by atoms with Crippen molar-refractivity contribution in [2.45, 2.75) is 12.5 Å². The van der Waals surface area contributed by atoms with Crippen molar-refractivity contribution in [3.8, 4) is 5.75 Å². The molecule has 0 aliphatic carbocycles. The maximum atomic E-state index is 12.8. The Morgan fingerprint density at radius 1 is 1.46 bits per heavy atom. The molecule has 1 aromatic rings. The van der Waals surface area contributed by atoms with Crippen LogP contribution in [0.4, 0.5) is 4.39 Å². The summed E-state index contributed by atoms with van der Waals surface area (Å²) in [6, 6.07) is 3.68. The van der Waals surface area contributed by atoms with Gasteiger partial charge in [-0.25, -0.2) is 4.39 Å². The Bertz CT molecular complexity index is 291. The average Bonchev–Trinajstić information content (AvgIpc) is 2.11. The first-order chi connectivity index (χ1) is 6.13. The van der Waals surface area contributed by atoms with E-state index in [1.54, 1.807) is 6.07 Å². The Balaban J connectivity index is 2.73. The monoisotopic (exact) mass is 185 g/mol. The molecule has 72 valence electrons. The fraction of sp³-hybridized carbons (Fsp3) is 0.333. The van der Waals surface area contributed by atoms with Gasteiger partial charge in [0.05, 0.1) is 6.61 Å². The van der Waals surface area contributed by atoms with E-state index in [9.17, 15) is 4.39 Å². The summed E-state index contributed by atoms with van der Waals surface area (Å²) in [4.78, 5) is 0. The van der Waals surface area contributed by atoms with Crippen LogP contribution in [-0.2, 0) is 6.42 Å².